The summed E-state index contributed by atoms with van der Waals surface area (Å²) in [6, 6.07) is 14.0. The van der Waals surface area contributed by atoms with E-state index < -0.39 is 0 Å². The number of rotatable bonds is 6. The lowest BCUT2D eigenvalue weighted by Gasteiger charge is -2.14. The molecule has 0 radical (unpaired) electrons. The van der Waals surface area contributed by atoms with E-state index in [0.29, 0.717) is 17.3 Å². The fraction of sp³-hybridized carbons (Fsp3) is 0.238. The van der Waals surface area contributed by atoms with E-state index in [1.54, 1.807) is 20.5 Å². The van der Waals surface area contributed by atoms with Crippen molar-refractivity contribution in [2.75, 3.05) is 38.5 Å². The van der Waals surface area contributed by atoms with Gasteiger partial charge in [-0.3, -0.25) is 0 Å². The molecule has 1 aromatic heterocycles. The second-order valence-electron chi connectivity index (χ2n) is 6.38. The van der Waals surface area contributed by atoms with Crippen LogP contribution in [0.1, 0.15) is 5.56 Å². The van der Waals surface area contributed by atoms with Crippen LogP contribution in [0.5, 0.6) is 11.5 Å². The molecule has 0 saturated carbocycles. The largest absolute Gasteiger partial charge is 0.493 e. The van der Waals surface area contributed by atoms with Crippen molar-refractivity contribution >= 4 is 17.2 Å². The van der Waals surface area contributed by atoms with Gasteiger partial charge in [0.1, 0.15) is 12.1 Å². The van der Waals surface area contributed by atoms with E-state index >= 15 is 0 Å². The summed E-state index contributed by atoms with van der Waals surface area (Å²) in [4.78, 5) is 10.8. The molecule has 0 aliphatic rings. The highest BCUT2D eigenvalue weighted by Crippen LogP contribution is 2.34. The molecule has 6 heteroatoms. The van der Waals surface area contributed by atoms with E-state index in [2.05, 4.69) is 44.5 Å². The summed E-state index contributed by atoms with van der Waals surface area (Å²) < 4.78 is 10.7. The van der Waals surface area contributed by atoms with E-state index in [1.807, 2.05) is 39.2 Å². The lowest BCUT2D eigenvalue weighted by Crippen LogP contribution is -2.07. The Bertz CT molecular complexity index is 924. The molecular weight excluding hydrogens is 340 g/mol. The van der Waals surface area contributed by atoms with Gasteiger partial charge in [0.25, 0.3) is 0 Å². The summed E-state index contributed by atoms with van der Waals surface area (Å²) in [5.41, 5.74) is 4.97. The fourth-order valence-electron chi connectivity index (χ4n) is 2.77. The normalized spacial score (nSPS) is 10.4. The Balaban J connectivity index is 1.88. The van der Waals surface area contributed by atoms with Gasteiger partial charge in [-0.15, -0.1) is 0 Å². The van der Waals surface area contributed by atoms with Crippen molar-refractivity contribution in [3.05, 3.63) is 54.4 Å². The standard InChI is InChI=1S/C21H24N4O2/c1-14-10-19(26-4)20(27-5)11-17(14)24-21-12-18(22-13-23-21)15-6-8-16(9-7-15)25(2)3/h6-13H,1-5H3,(H,22,23,24). The van der Waals surface area contributed by atoms with E-state index in [1.165, 1.54) is 0 Å². The molecule has 0 atom stereocenters. The topological polar surface area (TPSA) is 59.5 Å². The molecule has 0 amide bonds. The van der Waals surface area contributed by atoms with Crippen molar-refractivity contribution in [2.45, 2.75) is 6.92 Å². The Labute approximate surface area is 159 Å². The third kappa shape index (κ3) is 4.11. The molecule has 0 aliphatic carbocycles. The summed E-state index contributed by atoms with van der Waals surface area (Å²) >= 11 is 0. The number of aryl methyl sites for hydroxylation is 1. The fourth-order valence-corrected chi connectivity index (χ4v) is 2.77. The molecule has 6 nitrogen and oxygen atoms in total. The van der Waals surface area contributed by atoms with Crippen molar-refractivity contribution in [1.29, 1.82) is 0 Å². The van der Waals surface area contributed by atoms with E-state index in [-0.39, 0.29) is 0 Å². The first kappa shape index (κ1) is 18.5. The molecule has 0 unspecified atom stereocenters. The monoisotopic (exact) mass is 364 g/mol. The summed E-state index contributed by atoms with van der Waals surface area (Å²) in [7, 11) is 7.29. The van der Waals surface area contributed by atoms with Crippen LogP contribution in [0, 0.1) is 6.92 Å². The van der Waals surface area contributed by atoms with Crippen molar-refractivity contribution in [3.63, 3.8) is 0 Å². The van der Waals surface area contributed by atoms with Gasteiger partial charge in [-0.1, -0.05) is 12.1 Å². The van der Waals surface area contributed by atoms with E-state index in [9.17, 15) is 0 Å². The zero-order valence-electron chi connectivity index (χ0n) is 16.3. The number of nitrogens with one attached hydrogen (secondary N) is 1. The Hall–Kier alpha value is -3.28. The van der Waals surface area contributed by atoms with Crippen LogP contribution >= 0.6 is 0 Å². The molecular formula is C21H24N4O2. The van der Waals surface area contributed by atoms with Crippen LogP contribution in [0.2, 0.25) is 0 Å². The van der Waals surface area contributed by atoms with Crippen LogP contribution in [0.4, 0.5) is 17.2 Å². The average Bonchev–Trinajstić information content (AvgIpc) is 2.69. The smallest absolute Gasteiger partial charge is 0.162 e. The molecule has 3 rings (SSSR count). The first-order valence-corrected chi connectivity index (χ1v) is 8.61. The molecule has 140 valence electrons. The van der Waals surface area contributed by atoms with E-state index in [4.69, 9.17) is 9.47 Å². The maximum absolute atomic E-state index is 5.39. The number of aromatic nitrogens is 2. The van der Waals surface area contributed by atoms with Gasteiger partial charge in [0.15, 0.2) is 11.5 Å². The summed E-state index contributed by atoms with van der Waals surface area (Å²) in [6.45, 7) is 2.01. The van der Waals surface area contributed by atoms with Gasteiger partial charge in [-0.2, -0.15) is 0 Å². The zero-order valence-corrected chi connectivity index (χ0v) is 16.3. The summed E-state index contributed by atoms with van der Waals surface area (Å²) in [6.07, 6.45) is 1.56. The lowest BCUT2D eigenvalue weighted by molar-refractivity contribution is 0.355. The number of anilines is 3. The zero-order chi connectivity index (χ0) is 19.4. The lowest BCUT2D eigenvalue weighted by atomic mass is 10.1. The molecule has 27 heavy (non-hydrogen) atoms. The van der Waals surface area contributed by atoms with Crippen LogP contribution in [0.15, 0.2) is 48.8 Å². The van der Waals surface area contributed by atoms with Gasteiger partial charge >= 0.3 is 0 Å². The van der Waals surface area contributed by atoms with Crippen molar-refractivity contribution in [1.82, 2.24) is 9.97 Å². The number of hydrogen-bond donors (Lipinski definition) is 1. The summed E-state index contributed by atoms with van der Waals surface area (Å²) in [5, 5.41) is 3.34. The second kappa shape index (κ2) is 7.95. The predicted molar refractivity (Wildman–Crippen MR) is 109 cm³/mol. The van der Waals surface area contributed by atoms with Crippen LogP contribution in [-0.4, -0.2) is 38.3 Å². The third-order valence-electron chi connectivity index (χ3n) is 4.34. The van der Waals surface area contributed by atoms with Gasteiger partial charge < -0.3 is 19.7 Å². The Morgan fingerprint density at radius 2 is 1.56 bits per heavy atom. The Morgan fingerprint density at radius 3 is 2.19 bits per heavy atom. The van der Waals surface area contributed by atoms with Crippen LogP contribution in [0.3, 0.4) is 0 Å². The maximum Gasteiger partial charge on any atom is 0.162 e. The molecule has 0 spiro atoms. The van der Waals surface area contributed by atoms with Crippen LogP contribution < -0.4 is 19.7 Å². The molecule has 0 saturated heterocycles. The summed E-state index contributed by atoms with van der Waals surface area (Å²) in [5.74, 6) is 2.08. The second-order valence-corrected chi connectivity index (χ2v) is 6.38. The van der Waals surface area contributed by atoms with E-state index in [0.717, 1.165) is 28.2 Å². The van der Waals surface area contributed by atoms with Crippen LogP contribution in [0.25, 0.3) is 11.3 Å². The minimum absolute atomic E-state index is 0.666. The maximum atomic E-state index is 5.39. The van der Waals surface area contributed by atoms with Gasteiger partial charge in [0, 0.05) is 43.2 Å². The van der Waals surface area contributed by atoms with Crippen LogP contribution in [-0.2, 0) is 0 Å². The first-order valence-electron chi connectivity index (χ1n) is 8.61. The molecule has 1 heterocycles. The number of ether oxygens (including phenoxy) is 2. The van der Waals surface area contributed by atoms with Gasteiger partial charge in [-0.05, 0) is 30.7 Å². The number of methoxy groups -OCH3 is 2. The molecule has 2 aromatic carbocycles. The van der Waals surface area contributed by atoms with Gasteiger partial charge in [0.2, 0.25) is 0 Å². The average molecular weight is 364 g/mol. The molecule has 3 aromatic rings. The molecule has 1 N–H and O–H groups in total. The molecule has 0 aliphatic heterocycles. The number of hydrogen-bond acceptors (Lipinski definition) is 6. The number of nitrogens with zero attached hydrogens (tertiary/aromatic N) is 3. The highest BCUT2D eigenvalue weighted by Gasteiger charge is 2.10. The highest BCUT2D eigenvalue weighted by molar-refractivity contribution is 5.70. The Morgan fingerprint density at radius 1 is 0.889 bits per heavy atom. The Kier molecular flexibility index (Phi) is 5.45. The quantitative estimate of drug-likeness (QED) is 0.704. The van der Waals surface area contributed by atoms with Gasteiger partial charge in [0.05, 0.1) is 19.9 Å². The number of benzene rings is 2. The van der Waals surface area contributed by atoms with Crippen molar-refractivity contribution in [2.24, 2.45) is 0 Å². The van der Waals surface area contributed by atoms with Crippen molar-refractivity contribution < 1.29 is 9.47 Å². The molecule has 0 fully saturated rings. The highest BCUT2D eigenvalue weighted by atomic mass is 16.5. The molecule has 0 bridgehead atoms. The first-order chi connectivity index (χ1) is 13.0. The SMILES string of the molecule is COc1cc(C)c(Nc2cc(-c3ccc(N(C)C)cc3)ncn2)cc1OC. The van der Waals surface area contributed by atoms with Crippen molar-refractivity contribution in [3.8, 4) is 22.8 Å². The third-order valence-corrected chi connectivity index (χ3v) is 4.34. The minimum atomic E-state index is 0.666. The minimum Gasteiger partial charge on any atom is -0.493 e. The predicted octanol–water partition coefficient (Wildman–Crippen LogP) is 4.28. The van der Waals surface area contributed by atoms with Gasteiger partial charge in [-0.25, -0.2) is 9.97 Å².